The van der Waals surface area contributed by atoms with Crippen LogP contribution in [0.4, 0.5) is 4.79 Å². The number of hydrogen-bond acceptors (Lipinski definition) is 2. The van der Waals surface area contributed by atoms with Gasteiger partial charge in [-0.2, -0.15) is 0 Å². The van der Waals surface area contributed by atoms with Crippen molar-refractivity contribution >= 4 is 28.7 Å². The van der Waals surface area contributed by atoms with Gasteiger partial charge in [-0.25, -0.2) is 4.79 Å². The molecule has 0 saturated carbocycles. The first kappa shape index (κ1) is 9.76. The molecule has 14 heavy (non-hydrogen) atoms. The van der Waals surface area contributed by atoms with E-state index in [1.807, 2.05) is 25.1 Å². The van der Waals surface area contributed by atoms with E-state index in [2.05, 4.69) is 34.0 Å². The third-order valence-electron chi connectivity index (χ3n) is 2.24. The van der Waals surface area contributed by atoms with E-state index in [0.717, 1.165) is 9.13 Å². The molecule has 1 heterocycles. The van der Waals surface area contributed by atoms with E-state index in [4.69, 9.17) is 4.74 Å². The second-order valence-corrected chi connectivity index (χ2v) is 4.53. The molecule has 1 aromatic rings. The number of hydrogen-bond donors (Lipinski definition) is 1. The van der Waals surface area contributed by atoms with Crippen LogP contribution in [0.15, 0.2) is 24.3 Å². The van der Waals surface area contributed by atoms with Crippen LogP contribution in [0.3, 0.4) is 0 Å². The average molecular weight is 303 g/mol. The first-order chi connectivity index (χ1) is 6.66. The molecule has 1 N–H and O–H groups in total. The van der Waals surface area contributed by atoms with Gasteiger partial charge in [-0.15, -0.1) is 0 Å². The molecule has 2 rings (SSSR count). The van der Waals surface area contributed by atoms with Crippen LogP contribution in [0.5, 0.6) is 0 Å². The van der Waals surface area contributed by atoms with E-state index in [0.29, 0.717) is 0 Å². The van der Waals surface area contributed by atoms with E-state index in [1.165, 1.54) is 0 Å². The smallest absolute Gasteiger partial charge is 0.408 e. The van der Waals surface area contributed by atoms with Gasteiger partial charge in [0.15, 0.2) is 0 Å². The van der Waals surface area contributed by atoms with E-state index < -0.39 is 0 Å². The molecule has 1 aliphatic heterocycles. The molecule has 1 saturated heterocycles. The number of carbonyl (C=O) groups is 1. The van der Waals surface area contributed by atoms with Gasteiger partial charge in [0.2, 0.25) is 0 Å². The van der Waals surface area contributed by atoms with Gasteiger partial charge in [-0.3, -0.25) is 0 Å². The van der Waals surface area contributed by atoms with E-state index in [9.17, 15) is 4.79 Å². The van der Waals surface area contributed by atoms with Crippen molar-refractivity contribution < 1.29 is 9.53 Å². The minimum absolute atomic E-state index is 0.0165. The van der Waals surface area contributed by atoms with E-state index in [1.54, 1.807) is 0 Å². The monoisotopic (exact) mass is 303 g/mol. The molecule has 0 spiro atoms. The third kappa shape index (κ3) is 1.84. The molecule has 2 unspecified atom stereocenters. The van der Waals surface area contributed by atoms with Crippen molar-refractivity contribution in [1.82, 2.24) is 5.32 Å². The fraction of sp³-hybridized carbons (Fsp3) is 0.300. The topological polar surface area (TPSA) is 38.3 Å². The van der Waals surface area contributed by atoms with E-state index in [-0.39, 0.29) is 18.2 Å². The van der Waals surface area contributed by atoms with Crippen molar-refractivity contribution in [2.75, 3.05) is 0 Å². The Morgan fingerprint density at radius 1 is 1.50 bits per heavy atom. The van der Waals surface area contributed by atoms with Gasteiger partial charge in [0.1, 0.15) is 6.10 Å². The minimum atomic E-state index is -0.332. The highest BCUT2D eigenvalue weighted by Crippen LogP contribution is 2.25. The number of alkyl carbamates (subject to hydrolysis) is 1. The summed E-state index contributed by atoms with van der Waals surface area (Å²) in [5, 5.41) is 2.78. The molecule has 3 nitrogen and oxygen atoms in total. The molecule has 0 radical (unpaired) electrons. The quantitative estimate of drug-likeness (QED) is 0.809. The summed E-state index contributed by atoms with van der Waals surface area (Å²) in [6.45, 7) is 1.89. The second kappa shape index (κ2) is 3.76. The van der Waals surface area contributed by atoms with Crippen molar-refractivity contribution in [3.05, 3.63) is 33.4 Å². The summed E-state index contributed by atoms with van der Waals surface area (Å²) in [5.74, 6) is 0. The molecule has 1 aliphatic rings. The van der Waals surface area contributed by atoms with Crippen LogP contribution in [0.1, 0.15) is 18.5 Å². The van der Waals surface area contributed by atoms with E-state index >= 15 is 0 Å². The highest BCUT2D eigenvalue weighted by Gasteiger charge is 2.31. The molecular formula is C10H10INO2. The molecule has 2 atom stereocenters. The maximum Gasteiger partial charge on any atom is 0.408 e. The molecular weight excluding hydrogens is 293 g/mol. The standard InChI is InChI=1S/C10H10INO2/c1-6-9(12-10(13)14-6)7-3-2-4-8(11)5-7/h2-6,9H,1H3,(H,12,13). The normalized spacial score (nSPS) is 25.7. The van der Waals surface area contributed by atoms with Crippen molar-refractivity contribution in [1.29, 1.82) is 0 Å². The maximum atomic E-state index is 11.0. The van der Waals surface area contributed by atoms with Crippen LogP contribution in [0.2, 0.25) is 0 Å². The fourth-order valence-corrected chi connectivity index (χ4v) is 2.14. The van der Waals surface area contributed by atoms with Crippen LogP contribution in [0.25, 0.3) is 0 Å². The van der Waals surface area contributed by atoms with Crippen molar-refractivity contribution in [3.8, 4) is 0 Å². The second-order valence-electron chi connectivity index (χ2n) is 3.29. The lowest BCUT2D eigenvalue weighted by molar-refractivity contribution is 0.141. The Bertz CT molecular complexity index is 367. The Kier molecular flexibility index (Phi) is 2.62. The zero-order valence-electron chi connectivity index (χ0n) is 7.66. The van der Waals surface area contributed by atoms with Gasteiger partial charge in [0.25, 0.3) is 0 Å². The molecule has 4 heteroatoms. The maximum absolute atomic E-state index is 11.0. The highest BCUT2D eigenvalue weighted by atomic mass is 127. The van der Waals surface area contributed by atoms with Crippen LogP contribution < -0.4 is 5.32 Å². The first-order valence-electron chi connectivity index (χ1n) is 4.39. The Hall–Kier alpha value is -0.780. The predicted octanol–water partition coefficient (Wildman–Crippen LogP) is 2.46. The summed E-state index contributed by atoms with van der Waals surface area (Å²) >= 11 is 2.25. The largest absolute Gasteiger partial charge is 0.444 e. The summed E-state index contributed by atoms with van der Waals surface area (Å²) in [7, 11) is 0. The lowest BCUT2D eigenvalue weighted by Gasteiger charge is -2.12. The summed E-state index contributed by atoms with van der Waals surface area (Å²) in [6.07, 6.45) is -0.429. The summed E-state index contributed by atoms with van der Waals surface area (Å²) in [4.78, 5) is 11.0. The van der Waals surface area contributed by atoms with Gasteiger partial charge in [-0.1, -0.05) is 12.1 Å². The number of cyclic esters (lactones) is 1. The average Bonchev–Trinajstić information content (AvgIpc) is 2.45. The Balaban J connectivity index is 2.27. The minimum Gasteiger partial charge on any atom is -0.444 e. The lowest BCUT2D eigenvalue weighted by Crippen LogP contribution is -2.20. The fourth-order valence-electron chi connectivity index (χ4n) is 1.57. The number of ether oxygens (including phenoxy) is 1. The molecule has 0 bridgehead atoms. The van der Waals surface area contributed by atoms with Gasteiger partial charge in [0.05, 0.1) is 6.04 Å². The summed E-state index contributed by atoms with van der Waals surface area (Å²) < 4.78 is 6.18. The van der Waals surface area contributed by atoms with Crippen molar-refractivity contribution in [2.24, 2.45) is 0 Å². The number of carbonyl (C=O) groups excluding carboxylic acids is 1. The van der Waals surface area contributed by atoms with Crippen molar-refractivity contribution in [3.63, 3.8) is 0 Å². The summed E-state index contributed by atoms with van der Waals surface area (Å²) in [6, 6.07) is 8.03. The zero-order valence-corrected chi connectivity index (χ0v) is 9.82. The summed E-state index contributed by atoms with van der Waals surface area (Å²) in [5.41, 5.74) is 1.09. The Labute approximate surface area is 96.0 Å². The third-order valence-corrected chi connectivity index (χ3v) is 2.91. The van der Waals surface area contributed by atoms with Gasteiger partial charge in [0, 0.05) is 3.57 Å². The van der Waals surface area contributed by atoms with Gasteiger partial charge < -0.3 is 10.1 Å². The Morgan fingerprint density at radius 2 is 2.29 bits per heavy atom. The van der Waals surface area contributed by atoms with Gasteiger partial charge >= 0.3 is 6.09 Å². The number of amides is 1. The van der Waals surface area contributed by atoms with Crippen LogP contribution in [-0.4, -0.2) is 12.2 Å². The zero-order chi connectivity index (χ0) is 10.1. The lowest BCUT2D eigenvalue weighted by atomic mass is 10.0. The van der Waals surface area contributed by atoms with Crippen LogP contribution in [0, 0.1) is 3.57 Å². The highest BCUT2D eigenvalue weighted by molar-refractivity contribution is 14.1. The molecule has 74 valence electrons. The predicted molar refractivity (Wildman–Crippen MR) is 61.0 cm³/mol. The van der Waals surface area contributed by atoms with Gasteiger partial charge in [-0.05, 0) is 47.2 Å². The van der Waals surface area contributed by atoms with Crippen molar-refractivity contribution in [2.45, 2.75) is 19.1 Å². The SMILES string of the molecule is CC1OC(=O)NC1c1cccc(I)c1. The molecule has 1 fully saturated rings. The van der Waals surface area contributed by atoms with Crippen LogP contribution >= 0.6 is 22.6 Å². The number of nitrogens with one attached hydrogen (secondary N) is 1. The molecule has 0 aromatic heterocycles. The number of benzene rings is 1. The number of halogens is 1. The molecule has 0 aliphatic carbocycles. The molecule has 1 amide bonds. The Morgan fingerprint density at radius 3 is 2.86 bits per heavy atom. The number of rotatable bonds is 1. The first-order valence-corrected chi connectivity index (χ1v) is 5.47. The van der Waals surface area contributed by atoms with Crippen LogP contribution in [-0.2, 0) is 4.74 Å². The molecule has 1 aromatic carbocycles.